The van der Waals surface area contributed by atoms with Gasteiger partial charge in [-0.2, -0.15) is 5.26 Å². The lowest BCUT2D eigenvalue weighted by Gasteiger charge is -2.25. The average molecular weight is 412 g/mol. The molecule has 2 aromatic rings. The van der Waals surface area contributed by atoms with E-state index in [-0.39, 0.29) is 29.9 Å². The van der Waals surface area contributed by atoms with Crippen LogP contribution in [0, 0.1) is 11.3 Å². The molecule has 1 aliphatic rings. The topological polar surface area (TPSA) is 82.0 Å². The van der Waals surface area contributed by atoms with Crippen LogP contribution in [0.4, 0.5) is 0 Å². The Labute approximate surface area is 172 Å². The molecule has 7 heteroatoms. The first-order chi connectivity index (χ1) is 13.6. The van der Waals surface area contributed by atoms with Crippen molar-refractivity contribution in [2.75, 3.05) is 5.75 Å². The molecule has 2 amide bonds. The second-order valence-electron chi connectivity index (χ2n) is 6.26. The highest BCUT2D eigenvalue weighted by molar-refractivity contribution is 8.03. The average Bonchev–Trinajstić information content (AvgIpc) is 2.71. The Hall–Kier alpha value is -2.75. The van der Waals surface area contributed by atoms with Crippen LogP contribution in [0.15, 0.2) is 65.2 Å². The van der Waals surface area contributed by atoms with Crippen LogP contribution in [0.25, 0.3) is 0 Å². The Balaban J connectivity index is 1.68. The second kappa shape index (κ2) is 9.45. The molecule has 1 aliphatic heterocycles. The minimum atomic E-state index is -0.342. The number of thioether (sulfide) groups is 1. The highest BCUT2D eigenvalue weighted by atomic mass is 35.5. The van der Waals surface area contributed by atoms with Gasteiger partial charge < -0.3 is 10.6 Å². The summed E-state index contributed by atoms with van der Waals surface area (Å²) in [6, 6.07) is 18.9. The first-order valence-electron chi connectivity index (χ1n) is 8.70. The van der Waals surface area contributed by atoms with Crippen LogP contribution in [0.3, 0.4) is 0 Å². The van der Waals surface area contributed by atoms with E-state index in [1.807, 2.05) is 42.5 Å². The summed E-state index contributed by atoms with van der Waals surface area (Å²) in [4.78, 5) is 24.3. The standard InChI is InChI=1S/C21H18ClN3O2S/c22-16-8-6-15(7-9-16)17-10-19(26)25-21(18(17)11-23)28-13-20(27)24-12-14-4-2-1-3-5-14/h1-9,17H,10,12-13H2,(H,24,27)(H,25,26)/t17-/m0/s1. The highest BCUT2D eigenvalue weighted by Gasteiger charge is 2.29. The molecule has 3 rings (SSSR count). The van der Waals surface area contributed by atoms with Gasteiger partial charge in [0.25, 0.3) is 0 Å². The van der Waals surface area contributed by atoms with Crippen LogP contribution >= 0.6 is 23.4 Å². The minimum Gasteiger partial charge on any atom is -0.351 e. The lowest BCUT2D eigenvalue weighted by molar-refractivity contribution is -0.121. The number of amides is 2. The fraction of sp³-hybridized carbons (Fsp3) is 0.190. The van der Waals surface area contributed by atoms with Gasteiger partial charge in [0.05, 0.1) is 22.4 Å². The number of benzene rings is 2. The van der Waals surface area contributed by atoms with E-state index in [0.717, 1.165) is 11.1 Å². The third-order valence-corrected chi connectivity index (χ3v) is 5.58. The number of carbonyl (C=O) groups is 2. The van der Waals surface area contributed by atoms with E-state index in [4.69, 9.17) is 11.6 Å². The number of nitrogens with zero attached hydrogens (tertiary/aromatic N) is 1. The van der Waals surface area contributed by atoms with Crippen molar-refractivity contribution in [3.05, 3.63) is 81.3 Å². The maximum atomic E-state index is 12.2. The van der Waals surface area contributed by atoms with Crippen LogP contribution in [-0.4, -0.2) is 17.6 Å². The van der Waals surface area contributed by atoms with E-state index < -0.39 is 0 Å². The summed E-state index contributed by atoms with van der Waals surface area (Å²) in [6.45, 7) is 0.435. The molecule has 1 heterocycles. The number of nitriles is 1. The normalized spacial score (nSPS) is 16.3. The summed E-state index contributed by atoms with van der Waals surface area (Å²) >= 11 is 7.10. The number of hydrogen-bond acceptors (Lipinski definition) is 4. The van der Waals surface area contributed by atoms with Crippen LogP contribution in [0.5, 0.6) is 0 Å². The van der Waals surface area contributed by atoms with Gasteiger partial charge in [-0.15, -0.1) is 0 Å². The van der Waals surface area contributed by atoms with Gasteiger partial charge in [0.1, 0.15) is 0 Å². The molecular weight excluding hydrogens is 394 g/mol. The molecule has 2 N–H and O–H groups in total. The molecule has 0 radical (unpaired) electrons. The zero-order valence-electron chi connectivity index (χ0n) is 14.9. The van der Waals surface area contributed by atoms with E-state index >= 15 is 0 Å². The van der Waals surface area contributed by atoms with Gasteiger partial charge in [0.15, 0.2) is 0 Å². The van der Waals surface area contributed by atoms with Crippen molar-refractivity contribution in [1.29, 1.82) is 5.26 Å². The SMILES string of the molecule is N#CC1=C(SCC(=O)NCc2ccccc2)NC(=O)C[C@H]1c1ccc(Cl)cc1. The summed E-state index contributed by atoms with van der Waals surface area (Å²) in [6.07, 6.45) is 0.189. The quantitative estimate of drug-likeness (QED) is 0.758. The van der Waals surface area contributed by atoms with Gasteiger partial charge in [-0.1, -0.05) is 65.8 Å². The molecule has 0 saturated carbocycles. The van der Waals surface area contributed by atoms with E-state index in [0.29, 0.717) is 22.2 Å². The summed E-state index contributed by atoms with van der Waals surface area (Å²) in [7, 11) is 0. The highest BCUT2D eigenvalue weighted by Crippen LogP contribution is 2.36. The van der Waals surface area contributed by atoms with Gasteiger partial charge in [0, 0.05) is 23.9 Å². The first-order valence-corrected chi connectivity index (χ1v) is 10.1. The Kier molecular flexibility index (Phi) is 6.75. The molecule has 142 valence electrons. The Morgan fingerprint density at radius 2 is 1.93 bits per heavy atom. The maximum Gasteiger partial charge on any atom is 0.230 e. The zero-order valence-corrected chi connectivity index (χ0v) is 16.5. The summed E-state index contributed by atoms with van der Waals surface area (Å²) in [5.74, 6) is -0.570. The predicted octanol–water partition coefficient (Wildman–Crippen LogP) is 3.73. The number of hydrogen-bond donors (Lipinski definition) is 2. The molecule has 0 fully saturated rings. The van der Waals surface area contributed by atoms with Crippen molar-refractivity contribution in [1.82, 2.24) is 10.6 Å². The Morgan fingerprint density at radius 1 is 1.21 bits per heavy atom. The van der Waals surface area contributed by atoms with E-state index in [9.17, 15) is 14.9 Å². The Morgan fingerprint density at radius 3 is 2.61 bits per heavy atom. The van der Waals surface area contributed by atoms with Gasteiger partial charge in [-0.3, -0.25) is 9.59 Å². The van der Waals surface area contributed by atoms with Crippen LogP contribution < -0.4 is 10.6 Å². The Bertz CT molecular complexity index is 936. The molecule has 1 atom stereocenters. The van der Waals surface area contributed by atoms with Crippen molar-refractivity contribution < 1.29 is 9.59 Å². The predicted molar refractivity (Wildman–Crippen MR) is 110 cm³/mol. The lowest BCUT2D eigenvalue weighted by Crippen LogP contribution is -2.32. The number of halogens is 1. The lowest BCUT2D eigenvalue weighted by atomic mass is 9.87. The van der Waals surface area contributed by atoms with Gasteiger partial charge >= 0.3 is 0 Å². The molecule has 5 nitrogen and oxygen atoms in total. The fourth-order valence-electron chi connectivity index (χ4n) is 2.90. The number of nitrogens with one attached hydrogen (secondary N) is 2. The van der Waals surface area contributed by atoms with Crippen molar-refractivity contribution in [3.8, 4) is 6.07 Å². The monoisotopic (exact) mass is 411 g/mol. The van der Waals surface area contributed by atoms with Crippen molar-refractivity contribution in [2.24, 2.45) is 0 Å². The van der Waals surface area contributed by atoms with Crippen LogP contribution in [-0.2, 0) is 16.1 Å². The molecule has 0 saturated heterocycles. The molecule has 0 aliphatic carbocycles. The second-order valence-corrected chi connectivity index (χ2v) is 7.68. The molecular formula is C21H18ClN3O2S. The van der Waals surface area contributed by atoms with Gasteiger partial charge in [-0.05, 0) is 23.3 Å². The minimum absolute atomic E-state index is 0.112. The first kappa shape index (κ1) is 20.0. The third kappa shape index (κ3) is 5.16. The number of allylic oxidation sites excluding steroid dienone is 1. The van der Waals surface area contributed by atoms with Crippen LogP contribution in [0.2, 0.25) is 5.02 Å². The number of carbonyl (C=O) groups excluding carboxylic acids is 2. The van der Waals surface area contributed by atoms with Gasteiger partial charge in [0.2, 0.25) is 11.8 Å². The summed E-state index contributed by atoms with van der Waals surface area (Å²) in [5.41, 5.74) is 2.32. The van der Waals surface area contributed by atoms with Crippen LogP contribution in [0.1, 0.15) is 23.5 Å². The molecule has 0 aromatic heterocycles. The smallest absolute Gasteiger partial charge is 0.230 e. The largest absolute Gasteiger partial charge is 0.351 e. The summed E-state index contributed by atoms with van der Waals surface area (Å²) in [5, 5.41) is 16.3. The van der Waals surface area contributed by atoms with Crippen molar-refractivity contribution >= 4 is 35.2 Å². The van der Waals surface area contributed by atoms with E-state index in [1.165, 1.54) is 11.8 Å². The number of rotatable bonds is 6. The molecule has 28 heavy (non-hydrogen) atoms. The van der Waals surface area contributed by atoms with Crippen molar-refractivity contribution in [2.45, 2.75) is 18.9 Å². The van der Waals surface area contributed by atoms with Crippen molar-refractivity contribution in [3.63, 3.8) is 0 Å². The molecule has 0 unspecified atom stereocenters. The van der Waals surface area contributed by atoms with E-state index in [2.05, 4.69) is 16.7 Å². The third-order valence-electron chi connectivity index (χ3n) is 4.31. The fourth-order valence-corrected chi connectivity index (χ4v) is 3.93. The summed E-state index contributed by atoms with van der Waals surface area (Å²) < 4.78 is 0. The zero-order chi connectivity index (χ0) is 19.9. The molecule has 2 aromatic carbocycles. The maximum absolute atomic E-state index is 12.2. The molecule has 0 spiro atoms. The van der Waals surface area contributed by atoms with Gasteiger partial charge in [-0.25, -0.2) is 0 Å². The van der Waals surface area contributed by atoms with E-state index in [1.54, 1.807) is 12.1 Å². The molecule has 0 bridgehead atoms.